The van der Waals surface area contributed by atoms with Crippen molar-refractivity contribution in [1.82, 2.24) is 0 Å². The van der Waals surface area contributed by atoms with Gasteiger partial charge in [-0.3, -0.25) is 4.79 Å². The molecule has 2 aromatic rings. The van der Waals surface area contributed by atoms with Crippen molar-refractivity contribution in [3.63, 3.8) is 0 Å². The molecule has 3 heteroatoms. The van der Waals surface area contributed by atoms with Crippen molar-refractivity contribution in [2.75, 3.05) is 0 Å². The fourth-order valence-corrected chi connectivity index (χ4v) is 2.12. The molecule has 0 spiro atoms. The van der Waals surface area contributed by atoms with Crippen molar-refractivity contribution in [3.8, 4) is 0 Å². The topological polar surface area (TPSA) is 56.2 Å². The van der Waals surface area contributed by atoms with Gasteiger partial charge in [-0.1, -0.05) is 26.8 Å². The molecule has 102 valence electrons. The van der Waals surface area contributed by atoms with Crippen molar-refractivity contribution in [1.29, 1.82) is 0 Å². The minimum atomic E-state index is 0.00799. The number of benzene rings is 1. The molecule has 19 heavy (non-hydrogen) atoms. The molecule has 0 aliphatic rings. The number of nitrogens with two attached hydrogens (primary N) is 1. The molecule has 1 aromatic heterocycles. The Morgan fingerprint density at radius 3 is 2.68 bits per heavy atom. The van der Waals surface area contributed by atoms with Crippen LogP contribution in [-0.4, -0.2) is 6.04 Å². The van der Waals surface area contributed by atoms with Crippen LogP contribution in [0.15, 0.2) is 33.7 Å². The van der Waals surface area contributed by atoms with Crippen molar-refractivity contribution in [3.05, 3.63) is 45.8 Å². The van der Waals surface area contributed by atoms with Crippen LogP contribution in [0.3, 0.4) is 0 Å². The van der Waals surface area contributed by atoms with Gasteiger partial charge in [0.15, 0.2) is 5.43 Å². The average molecular weight is 259 g/mol. The largest absolute Gasteiger partial charge is 0.464 e. The molecule has 2 rings (SSSR count). The average Bonchev–Trinajstić information content (AvgIpc) is 2.41. The summed E-state index contributed by atoms with van der Waals surface area (Å²) in [6.07, 6.45) is 2.97. The van der Waals surface area contributed by atoms with Crippen molar-refractivity contribution in [2.24, 2.45) is 5.73 Å². The third-order valence-electron chi connectivity index (χ3n) is 3.54. The minimum absolute atomic E-state index is 0.00799. The Morgan fingerprint density at radius 1 is 1.32 bits per heavy atom. The molecule has 0 saturated heterocycles. The highest BCUT2D eigenvalue weighted by Crippen LogP contribution is 2.20. The van der Waals surface area contributed by atoms with Gasteiger partial charge in [0.1, 0.15) is 5.58 Å². The van der Waals surface area contributed by atoms with Gasteiger partial charge in [0.2, 0.25) is 0 Å². The van der Waals surface area contributed by atoms with Crippen LogP contribution in [0.25, 0.3) is 11.0 Å². The molecular formula is C16H21NO2. The van der Waals surface area contributed by atoms with E-state index in [1.165, 1.54) is 0 Å². The van der Waals surface area contributed by atoms with Crippen molar-refractivity contribution >= 4 is 11.0 Å². The summed E-state index contributed by atoms with van der Waals surface area (Å²) in [7, 11) is 0. The van der Waals surface area contributed by atoms with E-state index >= 15 is 0 Å². The number of hydrogen-bond acceptors (Lipinski definition) is 3. The summed E-state index contributed by atoms with van der Waals surface area (Å²) in [5.74, 6) is 0.394. The summed E-state index contributed by atoms with van der Waals surface area (Å²) in [4.78, 5) is 12.4. The first kappa shape index (κ1) is 13.8. The highest BCUT2D eigenvalue weighted by molar-refractivity contribution is 5.77. The lowest BCUT2D eigenvalue weighted by Crippen LogP contribution is -2.25. The lowest BCUT2D eigenvalue weighted by Gasteiger charge is -2.09. The van der Waals surface area contributed by atoms with Gasteiger partial charge in [-0.25, -0.2) is 0 Å². The smallest absolute Gasteiger partial charge is 0.195 e. The first-order valence-electron chi connectivity index (χ1n) is 6.82. The molecular weight excluding hydrogens is 238 g/mol. The quantitative estimate of drug-likeness (QED) is 0.917. The van der Waals surface area contributed by atoms with Gasteiger partial charge in [0.05, 0.1) is 11.6 Å². The van der Waals surface area contributed by atoms with E-state index in [0.29, 0.717) is 28.9 Å². The Labute approximate surface area is 113 Å². The number of rotatable bonds is 4. The summed E-state index contributed by atoms with van der Waals surface area (Å²) in [6, 6.07) is 5.82. The summed E-state index contributed by atoms with van der Waals surface area (Å²) < 4.78 is 5.55. The molecule has 0 bridgehead atoms. The summed E-state index contributed by atoms with van der Waals surface area (Å²) in [6.45, 7) is 6.24. The molecule has 0 saturated carbocycles. The Hall–Kier alpha value is -1.61. The van der Waals surface area contributed by atoms with E-state index in [2.05, 4.69) is 13.8 Å². The fourth-order valence-electron chi connectivity index (χ4n) is 2.12. The maximum Gasteiger partial charge on any atom is 0.195 e. The van der Waals surface area contributed by atoms with E-state index in [-0.39, 0.29) is 11.5 Å². The minimum Gasteiger partial charge on any atom is -0.464 e. The van der Waals surface area contributed by atoms with Crippen LogP contribution in [0, 0.1) is 0 Å². The van der Waals surface area contributed by atoms with E-state index < -0.39 is 0 Å². The number of fused-ring (bicyclic) bond motifs is 1. The first-order chi connectivity index (χ1) is 9.02. The van der Waals surface area contributed by atoms with Crippen LogP contribution in [0.5, 0.6) is 0 Å². The molecule has 1 atom stereocenters. The first-order valence-corrected chi connectivity index (χ1v) is 6.82. The normalized spacial score (nSPS) is 13.1. The van der Waals surface area contributed by atoms with Gasteiger partial charge < -0.3 is 10.2 Å². The van der Waals surface area contributed by atoms with Gasteiger partial charge in [0.25, 0.3) is 0 Å². The molecule has 3 nitrogen and oxygen atoms in total. The van der Waals surface area contributed by atoms with Crippen LogP contribution in [0.1, 0.15) is 44.2 Å². The summed E-state index contributed by atoms with van der Waals surface area (Å²) in [5.41, 5.74) is 8.43. The molecule has 1 aromatic carbocycles. The third kappa shape index (κ3) is 2.87. The molecule has 0 radical (unpaired) electrons. The second kappa shape index (κ2) is 5.57. The molecule has 0 aliphatic carbocycles. The Balaban J connectivity index is 2.52. The highest BCUT2D eigenvalue weighted by atomic mass is 16.3. The zero-order valence-electron chi connectivity index (χ0n) is 11.8. The van der Waals surface area contributed by atoms with Crippen LogP contribution in [0.4, 0.5) is 0 Å². The van der Waals surface area contributed by atoms with Gasteiger partial charge >= 0.3 is 0 Å². The zero-order chi connectivity index (χ0) is 14.0. The molecule has 1 heterocycles. The fraction of sp³-hybridized carbons (Fsp3) is 0.438. The summed E-state index contributed by atoms with van der Waals surface area (Å²) in [5, 5.41) is 0.659. The van der Waals surface area contributed by atoms with Crippen LogP contribution >= 0.6 is 0 Å². The van der Waals surface area contributed by atoms with Gasteiger partial charge in [-0.2, -0.15) is 0 Å². The van der Waals surface area contributed by atoms with E-state index in [4.69, 9.17) is 10.2 Å². The Kier molecular flexibility index (Phi) is 4.05. The lowest BCUT2D eigenvalue weighted by atomic mass is 9.99. The predicted octanol–water partition coefficient (Wildman–Crippen LogP) is 3.20. The molecule has 0 fully saturated rings. The van der Waals surface area contributed by atoms with Crippen LogP contribution in [-0.2, 0) is 6.42 Å². The van der Waals surface area contributed by atoms with Crippen LogP contribution < -0.4 is 11.2 Å². The van der Waals surface area contributed by atoms with E-state index in [0.717, 1.165) is 12.0 Å². The predicted molar refractivity (Wildman–Crippen MR) is 78.5 cm³/mol. The van der Waals surface area contributed by atoms with Gasteiger partial charge in [0, 0.05) is 11.6 Å². The van der Waals surface area contributed by atoms with E-state index in [1.807, 2.05) is 25.1 Å². The second-order valence-electron chi connectivity index (χ2n) is 5.37. The monoisotopic (exact) mass is 259 g/mol. The van der Waals surface area contributed by atoms with Crippen LogP contribution in [0.2, 0.25) is 0 Å². The third-order valence-corrected chi connectivity index (χ3v) is 3.54. The van der Waals surface area contributed by atoms with E-state index in [9.17, 15) is 4.79 Å². The molecule has 1 unspecified atom stereocenters. The van der Waals surface area contributed by atoms with Gasteiger partial charge in [-0.15, -0.1) is 0 Å². The van der Waals surface area contributed by atoms with Crippen molar-refractivity contribution in [2.45, 2.75) is 45.6 Å². The second-order valence-corrected chi connectivity index (χ2v) is 5.37. The maximum absolute atomic E-state index is 12.4. The SMILES string of the molecule is CCC(N)Cc1coc2ccc(C(C)C)cc2c1=O. The highest BCUT2D eigenvalue weighted by Gasteiger charge is 2.11. The Bertz CT molecular complexity index is 628. The van der Waals surface area contributed by atoms with Crippen molar-refractivity contribution < 1.29 is 4.42 Å². The number of hydrogen-bond donors (Lipinski definition) is 1. The standard InChI is InChI=1S/C16H21NO2/c1-4-13(17)7-12-9-19-15-6-5-11(10(2)3)8-14(15)16(12)18/h5-6,8-10,13H,4,7,17H2,1-3H3. The molecule has 2 N–H and O–H groups in total. The summed E-state index contributed by atoms with van der Waals surface area (Å²) >= 11 is 0. The van der Waals surface area contributed by atoms with E-state index in [1.54, 1.807) is 6.26 Å². The Morgan fingerprint density at radius 2 is 2.05 bits per heavy atom. The molecule has 0 amide bonds. The zero-order valence-corrected chi connectivity index (χ0v) is 11.8. The molecule has 0 aliphatic heterocycles. The maximum atomic E-state index is 12.4. The lowest BCUT2D eigenvalue weighted by molar-refractivity contribution is 0.574. The van der Waals surface area contributed by atoms with Gasteiger partial charge in [-0.05, 0) is 36.5 Å².